The molecule has 1 aromatic carbocycles. The van der Waals surface area contributed by atoms with Gasteiger partial charge >= 0.3 is 0 Å². The molecule has 132 valence electrons. The molecule has 2 N–H and O–H groups in total. The first-order valence-electron chi connectivity index (χ1n) is 8.82. The van der Waals surface area contributed by atoms with E-state index in [2.05, 4.69) is 20.6 Å². The molecule has 5 nitrogen and oxygen atoms in total. The molecule has 1 fully saturated rings. The fourth-order valence-electron chi connectivity index (χ4n) is 3.01. The average Bonchev–Trinajstić information content (AvgIpc) is 2.90. The van der Waals surface area contributed by atoms with Crippen LogP contribution in [0.3, 0.4) is 0 Å². The van der Waals surface area contributed by atoms with E-state index in [4.69, 9.17) is 0 Å². The third-order valence-electron chi connectivity index (χ3n) is 4.46. The summed E-state index contributed by atoms with van der Waals surface area (Å²) in [6.45, 7) is 0.516. The summed E-state index contributed by atoms with van der Waals surface area (Å²) in [5.74, 6) is 0.160. The van der Waals surface area contributed by atoms with Gasteiger partial charge in [-0.3, -0.25) is 4.79 Å². The number of nitrogens with one attached hydrogen (secondary N) is 2. The number of halogens is 1. The third kappa shape index (κ3) is 5.24. The molecule has 25 heavy (non-hydrogen) atoms. The highest BCUT2D eigenvalue weighted by Crippen LogP contribution is 2.17. The van der Waals surface area contributed by atoms with Crippen LogP contribution >= 0.6 is 0 Å². The van der Waals surface area contributed by atoms with Crippen LogP contribution in [-0.2, 0) is 6.54 Å². The number of amides is 1. The smallest absolute Gasteiger partial charge is 0.271 e. The highest BCUT2D eigenvalue weighted by molar-refractivity contribution is 5.92. The fraction of sp³-hybridized carbons (Fsp3) is 0.421. The summed E-state index contributed by atoms with van der Waals surface area (Å²) in [7, 11) is 0. The van der Waals surface area contributed by atoms with Gasteiger partial charge in [-0.1, -0.05) is 37.8 Å². The van der Waals surface area contributed by atoms with Gasteiger partial charge in [-0.15, -0.1) is 0 Å². The maximum absolute atomic E-state index is 12.9. The molecule has 6 heteroatoms. The lowest BCUT2D eigenvalue weighted by molar-refractivity contribution is 0.0928. The number of carbonyl (C=O) groups is 1. The van der Waals surface area contributed by atoms with E-state index in [0.717, 1.165) is 18.4 Å². The SMILES string of the molecule is O=C(NC1CCCCCC1)c1cnc(NCc2ccc(F)cc2)cn1. The van der Waals surface area contributed by atoms with Gasteiger partial charge in [-0.05, 0) is 30.5 Å². The zero-order valence-corrected chi connectivity index (χ0v) is 14.2. The Labute approximate surface area is 147 Å². The lowest BCUT2D eigenvalue weighted by Crippen LogP contribution is -2.34. The number of benzene rings is 1. The Balaban J connectivity index is 1.52. The molecule has 3 rings (SSSR count). The maximum Gasteiger partial charge on any atom is 0.271 e. The lowest BCUT2D eigenvalue weighted by Gasteiger charge is -2.15. The van der Waals surface area contributed by atoms with E-state index in [-0.39, 0.29) is 17.8 Å². The van der Waals surface area contributed by atoms with Crippen LogP contribution in [0.5, 0.6) is 0 Å². The number of anilines is 1. The van der Waals surface area contributed by atoms with Crippen LogP contribution in [0.25, 0.3) is 0 Å². The number of rotatable bonds is 5. The standard InChI is InChI=1S/C19H23FN4O/c20-15-9-7-14(8-10-15)11-22-18-13-21-17(12-23-18)19(25)24-16-5-3-1-2-4-6-16/h7-10,12-13,16H,1-6,11H2,(H,22,23)(H,24,25). The van der Waals surface area contributed by atoms with E-state index in [1.165, 1.54) is 44.0 Å². The van der Waals surface area contributed by atoms with Crippen molar-refractivity contribution in [1.29, 1.82) is 0 Å². The first kappa shape index (κ1) is 17.3. The summed E-state index contributed by atoms with van der Waals surface area (Å²) in [6, 6.07) is 6.51. The molecule has 0 unspecified atom stereocenters. The van der Waals surface area contributed by atoms with Crippen LogP contribution in [-0.4, -0.2) is 21.9 Å². The minimum absolute atomic E-state index is 0.163. The molecule has 1 aliphatic rings. The summed E-state index contributed by atoms with van der Waals surface area (Å²) >= 11 is 0. The number of carbonyl (C=O) groups excluding carboxylic acids is 1. The van der Waals surface area contributed by atoms with Gasteiger partial charge in [-0.25, -0.2) is 14.4 Å². The number of hydrogen-bond donors (Lipinski definition) is 2. The predicted octanol–water partition coefficient (Wildman–Crippen LogP) is 3.68. The summed E-state index contributed by atoms with van der Waals surface area (Å²) in [5.41, 5.74) is 1.27. The normalized spacial score (nSPS) is 15.4. The van der Waals surface area contributed by atoms with E-state index in [1.807, 2.05) is 0 Å². The van der Waals surface area contributed by atoms with Crippen LogP contribution < -0.4 is 10.6 Å². The second-order valence-corrected chi connectivity index (χ2v) is 6.43. The van der Waals surface area contributed by atoms with Crippen molar-refractivity contribution in [2.75, 3.05) is 5.32 Å². The van der Waals surface area contributed by atoms with E-state index < -0.39 is 0 Å². The molecule has 1 aromatic heterocycles. The van der Waals surface area contributed by atoms with Crippen molar-refractivity contribution in [2.24, 2.45) is 0 Å². The lowest BCUT2D eigenvalue weighted by atomic mass is 10.1. The van der Waals surface area contributed by atoms with Gasteiger partial charge in [-0.2, -0.15) is 0 Å². The van der Waals surface area contributed by atoms with Crippen LogP contribution in [0.2, 0.25) is 0 Å². The first-order valence-corrected chi connectivity index (χ1v) is 8.82. The van der Waals surface area contributed by atoms with Crippen LogP contribution in [0, 0.1) is 5.82 Å². The van der Waals surface area contributed by atoms with E-state index in [0.29, 0.717) is 18.1 Å². The van der Waals surface area contributed by atoms with Gasteiger partial charge in [0.2, 0.25) is 0 Å². The van der Waals surface area contributed by atoms with E-state index in [9.17, 15) is 9.18 Å². The summed E-state index contributed by atoms with van der Waals surface area (Å²) in [5, 5.41) is 6.17. The van der Waals surface area contributed by atoms with Crippen molar-refractivity contribution in [3.63, 3.8) is 0 Å². The van der Waals surface area contributed by atoms with Crippen LogP contribution in [0.15, 0.2) is 36.7 Å². The molecule has 1 saturated carbocycles. The van der Waals surface area contributed by atoms with Crippen molar-refractivity contribution in [3.8, 4) is 0 Å². The second kappa shape index (κ2) is 8.55. The number of hydrogen-bond acceptors (Lipinski definition) is 4. The number of nitrogens with zero attached hydrogens (tertiary/aromatic N) is 2. The van der Waals surface area contributed by atoms with Crippen molar-refractivity contribution in [3.05, 3.63) is 53.7 Å². The predicted molar refractivity (Wildman–Crippen MR) is 94.7 cm³/mol. The highest BCUT2D eigenvalue weighted by Gasteiger charge is 2.16. The largest absolute Gasteiger partial charge is 0.365 e. The van der Waals surface area contributed by atoms with Crippen molar-refractivity contribution in [2.45, 2.75) is 51.1 Å². The Bertz CT molecular complexity index is 680. The Morgan fingerprint density at radius 3 is 2.40 bits per heavy atom. The summed E-state index contributed by atoms with van der Waals surface area (Å²) in [4.78, 5) is 20.7. The molecule has 2 aromatic rings. The quantitative estimate of drug-likeness (QED) is 0.814. The number of aromatic nitrogens is 2. The fourth-order valence-corrected chi connectivity index (χ4v) is 3.01. The van der Waals surface area contributed by atoms with Gasteiger partial charge in [0, 0.05) is 12.6 Å². The molecule has 0 atom stereocenters. The average molecular weight is 342 g/mol. The third-order valence-corrected chi connectivity index (χ3v) is 4.46. The Morgan fingerprint density at radius 2 is 1.76 bits per heavy atom. The topological polar surface area (TPSA) is 66.9 Å². The van der Waals surface area contributed by atoms with Gasteiger partial charge in [0.1, 0.15) is 17.3 Å². The Kier molecular flexibility index (Phi) is 5.93. The minimum atomic E-state index is -0.257. The molecule has 1 aliphatic carbocycles. The van der Waals surface area contributed by atoms with Gasteiger partial charge in [0.15, 0.2) is 0 Å². The highest BCUT2D eigenvalue weighted by atomic mass is 19.1. The van der Waals surface area contributed by atoms with Crippen molar-refractivity contribution >= 4 is 11.7 Å². The van der Waals surface area contributed by atoms with Crippen LogP contribution in [0.4, 0.5) is 10.2 Å². The molecular weight excluding hydrogens is 319 g/mol. The van der Waals surface area contributed by atoms with E-state index in [1.54, 1.807) is 18.3 Å². The molecule has 1 amide bonds. The Hall–Kier alpha value is -2.50. The van der Waals surface area contributed by atoms with Crippen LogP contribution in [0.1, 0.15) is 54.6 Å². The zero-order valence-electron chi connectivity index (χ0n) is 14.2. The van der Waals surface area contributed by atoms with Gasteiger partial charge in [0.05, 0.1) is 12.4 Å². The minimum Gasteiger partial charge on any atom is -0.365 e. The zero-order chi connectivity index (χ0) is 17.5. The second-order valence-electron chi connectivity index (χ2n) is 6.43. The van der Waals surface area contributed by atoms with Crippen molar-refractivity contribution in [1.82, 2.24) is 15.3 Å². The van der Waals surface area contributed by atoms with E-state index >= 15 is 0 Å². The van der Waals surface area contributed by atoms with Crippen molar-refractivity contribution < 1.29 is 9.18 Å². The Morgan fingerprint density at radius 1 is 1.04 bits per heavy atom. The van der Waals surface area contributed by atoms with Gasteiger partial charge in [0.25, 0.3) is 5.91 Å². The molecule has 0 radical (unpaired) electrons. The molecule has 0 bridgehead atoms. The molecule has 0 saturated heterocycles. The summed E-state index contributed by atoms with van der Waals surface area (Å²) in [6.07, 6.45) is 9.95. The monoisotopic (exact) mass is 342 g/mol. The first-order chi connectivity index (χ1) is 12.2. The molecule has 1 heterocycles. The molecular formula is C19H23FN4O. The maximum atomic E-state index is 12.9. The van der Waals surface area contributed by atoms with Gasteiger partial charge < -0.3 is 10.6 Å². The molecule has 0 spiro atoms. The molecule has 0 aliphatic heterocycles. The summed E-state index contributed by atoms with van der Waals surface area (Å²) < 4.78 is 12.9.